The molecular weight excluding hydrogens is 228 g/mol. The van der Waals surface area contributed by atoms with E-state index in [-0.39, 0.29) is 12.4 Å². The monoisotopic (exact) mass is 237 g/mol. The first-order valence-corrected chi connectivity index (χ1v) is 4.83. The smallest absolute Gasteiger partial charge is 0.272 e. The molecule has 1 aromatic heterocycles. The van der Waals surface area contributed by atoms with E-state index in [1.807, 2.05) is 0 Å². The molecule has 1 heterocycles. The lowest BCUT2D eigenvalue weighted by Crippen LogP contribution is -2.14. The summed E-state index contributed by atoms with van der Waals surface area (Å²) in [7, 11) is 0. The highest BCUT2D eigenvalue weighted by Gasteiger charge is 2.13. The third-order valence-electron chi connectivity index (χ3n) is 2.18. The number of primary amides is 1. The number of amides is 1. The van der Waals surface area contributed by atoms with Crippen molar-refractivity contribution in [3.63, 3.8) is 0 Å². The molecule has 17 heavy (non-hydrogen) atoms. The Bertz CT molecular complexity index is 566. The van der Waals surface area contributed by atoms with E-state index < -0.39 is 17.4 Å². The molecular formula is C11H9F2N3O. The number of benzene rings is 1. The Morgan fingerprint density at radius 1 is 1.41 bits per heavy atom. The summed E-state index contributed by atoms with van der Waals surface area (Å²) in [6.07, 6.45) is 1.05. The molecule has 2 aromatic rings. The van der Waals surface area contributed by atoms with E-state index in [1.54, 1.807) is 12.1 Å². The summed E-state index contributed by atoms with van der Waals surface area (Å²) in [5.74, 6) is -2.10. The summed E-state index contributed by atoms with van der Waals surface area (Å²) in [5.41, 5.74) is 5.13. The molecule has 0 radical (unpaired) electrons. The largest absolute Gasteiger partial charge is 0.364 e. The van der Waals surface area contributed by atoms with Crippen molar-refractivity contribution < 1.29 is 13.6 Å². The van der Waals surface area contributed by atoms with Gasteiger partial charge in [0.25, 0.3) is 5.91 Å². The molecule has 0 spiro atoms. The Hall–Kier alpha value is -2.24. The van der Waals surface area contributed by atoms with Gasteiger partial charge in [-0.3, -0.25) is 9.48 Å². The molecule has 0 aliphatic rings. The van der Waals surface area contributed by atoms with Crippen LogP contribution in [0.3, 0.4) is 0 Å². The first-order valence-electron chi connectivity index (χ1n) is 4.83. The van der Waals surface area contributed by atoms with Gasteiger partial charge in [0.15, 0.2) is 11.5 Å². The molecule has 0 saturated heterocycles. The highest BCUT2D eigenvalue weighted by atomic mass is 19.1. The quantitative estimate of drug-likeness (QED) is 0.874. The average molecular weight is 237 g/mol. The van der Waals surface area contributed by atoms with Gasteiger partial charge in [-0.05, 0) is 17.7 Å². The van der Waals surface area contributed by atoms with Gasteiger partial charge in [0.05, 0.1) is 12.7 Å². The van der Waals surface area contributed by atoms with Gasteiger partial charge in [-0.2, -0.15) is 5.10 Å². The lowest BCUT2D eigenvalue weighted by molar-refractivity contribution is 0.0991. The van der Waals surface area contributed by atoms with Crippen LogP contribution in [0.4, 0.5) is 8.78 Å². The molecule has 0 aliphatic carbocycles. The number of hydrogen-bond donors (Lipinski definition) is 1. The van der Waals surface area contributed by atoms with Crippen LogP contribution in [0.1, 0.15) is 16.1 Å². The number of hydrogen-bond acceptors (Lipinski definition) is 2. The van der Waals surface area contributed by atoms with E-state index in [0.29, 0.717) is 5.56 Å². The van der Waals surface area contributed by atoms with Crippen molar-refractivity contribution in [3.05, 3.63) is 53.4 Å². The fourth-order valence-electron chi connectivity index (χ4n) is 1.47. The molecule has 0 saturated carbocycles. The first kappa shape index (κ1) is 11.3. The molecule has 2 N–H and O–H groups in total. The minimum atomic E-state index is -0.930. The number of nitrogens with two attached hydrogens (primary N) is 1. The van der Waals surface area contributed by atoms with E-state index in [4.69, 9.17) is 5.73 Å². The predicted octanol–water partition coefficient (Wildman–Crippen LogP) is 1.31. The normalized spacial score (nSPS) is 10.5. The molecule has 6 heteroatoms. The summed E-state index contributed by atoms with van der Waals surface area (Å²) in [6.45, 7) is 0.169. The number of rotatable bonds is 3. The maximum absolute atomic E-state index is 13.2. The summed E-state index contributed by atoms with van der Waals surface area (Å²) < 4.78 is 27.3. The van der Waals surface area contributed by atoms with Crippen molar-refractivity contribution >= 4 is 5.91 Å². The topological polar surface area (TPSA) is 60.9 Å². The summed E-state index contributed by atoms with van der Waals surface area (Å²) in [4.78, 5) is 10.8. The van der Waals surface area contributed by atoms with Crippen LogP contribution in [0.5, 0.6) is 0 Å². The van der Waals surface area contributed by atoms with E-state index in [9.17, 15) is 13.6 Å². The molecule has 0 unspecified atom stereocenters. The first-order chi connectivity index (χ1) is 8.06. The van der Waals surface area contributed by atoms with Gasteiger partial charge in [-0.1, -0.05) is 12.1 Å². The Kier molecular flexibility index (Phi) is 2.86. The van der Waals surface area contributed by atoms with Gasteiger partial charge in [-0.25, -0.2) is 8.78 Å². The van der Waals surface area contributed by atoms with Crippen LogP contribution in [0.15, 0.2) is 30.5 Å². The van der Waals surface area contributed by atoms with Gasteiger partial charge in [0.2, 0.25) is 0 Å². The van der Waals surface area contributed by atoms with Gasteiger partial charge >= 0.3 is 0 Å². The Labute approximate surface area is 95.7 Å². The van der Waals surface area contributed by atoms with E-state index in [2.05, 4.69) is 5.10 Å². The SMILES string of the molecule is NC(=O)c1nn(Cc2cccc(F)c2)cc1F. The Morgan fingerprint density at radius 3 is 2.76 bits per heavy atom. The van der Waals surface area contributed by atoms with Crippen molar-refractivity contribution in [1.29, 1.82) is 0 Å². The van der Waals surface area contributed by atoms with Crippen LogP contribution in [-0.2, 0) is 6.54 Å². The second kappa shape index (κ2) is 4.32. The maximum atomic E-state index is 13.2. The zero-order valence-corrected chi connectivity index (χ0v) is 8.73. The van der Waals surface area contributed by atoms with E-state index in [0.717, 1.165) is 6.20 Å². The lowest BCUT2D eigenvalue weighted by Gasteiger charge is -2.01. The van der Waals surface area contributed by atoms with E-state index in [1.165, 1.54) is 16.8 Å². The number of aromatic nitrogens is 2. The second-order valence-electron chi connectivity index (χ2n) is 3.52. The zero-order chi connectivity index (χ0) is 12.4. The highest BCUT2D eigenvalue weighted by molar-refractivity contribution is 5.90. The average Bonchev–Trinajstić information content (AvgIpc) is 2.59. The fourth-order valence-corrected chi connectivity index (χ4v) is 1.47. The maximum Gasteiger partial charge on any atom is 0.272 e. The molecule has 0 bridgehead atoms. The minimum Gasteiger partial charge on any atom is -0.364 e. The van der Waals surface area contributed by atoms with Gasteiger partial charge in [0, 0.05) is 0 Å². The molecule has 0 fully saturated rings. The van der Waals surface area contributed by atoms with Gasteiger partial charge in [0.1, 0.15) is 5.82 Å². The molecule has 0 atom stereocenters. The molecule has 2 rings (SSSR count). The van der Waals surface area contributed by atoms with Crippen molar-refractivity contribution in [2.24, 2.45) is 5.73 Å². The highest BCUT2D eigenvalue weighted by Crippen LogP contribution is 2.08. The number of halogens is 2. The van der Waals surface area contributed by atoms with Gasteiger partial charge in [-0.15, -0.1) is 0 Å². The predicted molar refractivity (Wildman–Crippen MR) is 56.2 cm³/mol. The summed E-state index contributed by atoms with van der Waals surface area (Å²) in [5, 5.41) is 3.68. The van der Waals surface area contributed by atoms with Crippen LogP contribution in [0.25, 0.3) is 0 Å². The van der Waals surface area contributed by atoms with Crippen LogP contribution in [0, 0.1) is 11.6 Å². The molecule has 0 aliphatic heterocycles. The van der Waals surface area contributed by atoms with E-state index >= 15 is 0 Å². The number of carbonyl (C=O) groups excluding carboxylic acids is 1. The molecule has 4 nitrogen and oxygen atoms in total. The number of nitrogens with zero attached hydrogens (tertiary/aromatic N) is 2. The van der Waals surface area contributed by atoms with Crippen LogP contribution in [-0.4, -0.2) is 15.7 Å². The van der Waals surface area contributed by atoms with Crippen LogP contribution >= 0.6 is 0 Å². The second-order valence-corrected chi connectivity index (χ2v) is 3.52. The third kappa shape index (κ3) is 2.47. The molecule has 1 aromatic carbocycles. The fraction of sp³-hybridized carbons (Fsp3) is 0.0909. The minimum absolute atomic E-state index is 0.169. The standard InChI is InChI=1S/C11H9F2N3O/c12-8-3-1-2-7(4-8)5-16-6-9(13)10(15-16)11(14)17/h1-4,6H,5H2,(H2,14,17). The number of carbonyl (C=O) groups is 1. The van der Waals surface area contributed by atoms with Crippen molar-refractivity contribution in [2.75, 3.05) is 0 Å². The Balaban J connectivity index is 2.25. The van der Waals surface area contributed by atoms with Crippen molar-refractivity contribution in [3.8, 4) is 0 Å². The molecule has 88 valence electrons. The third-order valence-corrected chi connectivity index (χ3v) is 2.18. The Morgan fingerprint density at radius 2 is 2.18 bits per heavy atom. The van der Waals surface area contributed by atoms with Crippen LogP contribution < -0.4 is 5.73 Å². The van der Waals surface area contributed by atoms with Crippen molar-refractivity contribution in [2.45, 2.75) is 6.54 Å². The summed E-state index contributed by atoms with van der Waals surface area (Å²) >= 11 is 0. The van der Waals surface area contributed by atoms with Crippen LogP contribution in [0.2, 0.25) is 0 Å². The van der Waals surface area contributed by atoms with Gasteiger partial charge < -0.3 is 5.73 Å². The molecule has 1 amide bonds. The zero-order valence-electron chi connectivity index (χ0n) is 8.73. The lowest BCUT2D eigenvalue weighted by atomic mass is 10.2. The summed E-state index contributed by atoms with van der Waals surface area (Å²) in [6, 6.07) is 5.83. The van der Waals surface area contributed by atoms with Crippen molar-refractivity contribution in [1.82, 2.24) is 9.78 Å².